The van der Waals surface area contributed by atoms with Gasteiger partial charge in [-0.25, -0.2) is 0 Å². The predicted octanol–water partition coefficient (Wildman–Crippen LogP) is 5.66. The number of benzene rings is 2. The Labute approximate surface area is 192 Å². The molecular formula is C22H23F3INO4. The van der Waals surface area contributed by atoms with Crippen molar-refractivity contribution < 1.29 is 32.6 Å². The van der Waals surface area contributed by atoms with Gasteiger partial charge in [-0.15, -0.1) is 0 Å². The Kier molecular flexibility index (Phi) is 9.15. The van der Waals surface area contributed by atoms with Crippen molar-refractivity contribution in [3.05, 3.63) is 62.7 Å². The fourth-order valence-corrected chi connectivity index (χ4v) is 3.75. The van der Waals surface area contributed by atoms with Crippen molar-refractivity contribution in [1.82, 2.24) is 5.32 Å². The summed E-state index contributed by atoms with van der Waals surface area (Å²) in [4.78, 5) is 22.6. The first kappa shape index (κ1) is 25.0. The highest BCUT2D eigenvalue weighted by Crippen LogP contribution is 2.31. The first-order chi connectivity index (χ1) is 14.5. The summed E-state index contributed by atoms with van der Waals surface area (Å²) in [6, 6.07) is 12.0. The van der Waals surface area contributed by atoms with Gasteiger partial charge in [0.1, 0.15) is 11.9 Å². The Hall–Kier alpha value is -2.30. The molecular weight excluding hydrogens is 526 g/mol. The zero-order valence-corrected chi connectivity index (χ0v) is 19.0. The quantitative estimate of drug-likeness (QED) is 0.376. The van der Waals surface area contributed by atoms with E-state index < -0.39 is 30.6 Å². The summed E-state index contributed by atoms with van der Waals surface area (Å²) in [6.07, 6.45) is -5.86. The molecule has 0 aliphatic rings. The van der Waals surface area contributed by atoms with E-state index >= 15 is 0 Å². The number of amides is 1. The molecule has 0 bridgehead atoms. The van der Waals surface area contributed by atoms with Crippen LogP contribution in [-0.4, -0.2) is 29.7 Å². The lowest BCUT2D eigenvalue weighted by Crippen LogP contribution is -2.26. The van der Waals surface area contributed by atoms with Crippen LogP contribution < -0.4 is 10.1 Å². The van der Waals surface area contributed by atoms with Crippen LogP contribution >= 0.6 is 22.6 Å². The molecule has 2 N–H and O–H groups in total. The highest BCUT2D eigenvalue weighted by atomic mass is 127. The molecule has 0 heterocycles. The van der Waals surface area contributed by atoms with E-state index in [1.165, 1.54) is 0 Å². The maximum Gasteiger partial charge on any atom is 0.389 e. The van der Waals surface area contributed by atoms with Crippen molar-refractivity contribution in [3.8, 4) is 5.75 Å². The average molecular weight is 549 g/mol. The summed E-state index contributed by atoms with van der Waals surface area (Å²) < 4.78 is 44.8. The predicted molar refractivity (Wildman–Crippen MR) is 118 cm³/mol. The number of nitrogens with one attached hydrogen (secondary N) is 1. The minimum absolute atomic E-state index is 0.00505. The number of halogens is 4. The number of carboxylic acids is 1. The van der Waals surface area contributed by atoms with Crippen molar-refractivity contribution in [3.63, 3.8) is 0 Å². The van der Waals surface area contributed by atoms with Crippen LogP contribution in [0.3, 0.4) is 0 Å². The first-order valence-electron chi connectivity index (χ1n) is 9.64. The van der Waals surface area contributed by atoms with Gasteiger partial charge in [0.05, 0.1) is 6.42 Å². The summed E-state index contributed by atoms with van der Waals surface area (Å²) in [7, 11) is 0. The van der Waals surface area contributed by atoms with Crippen molar-refractivity contribution in [2.24, 2.45) is 0 Å². The van der Waals surface area contributed by atoms with E-state index in [1.54, 1.807) is 24.3 Å². The molecule has 0 fully saturated rings. The molecule has 0 radical (unpaired) electrons. The van der Waals surface area contributed by atoms with Gasteiger partial charge in [-0.2, -0.15) is 13.2 Å². The molecule has 5 nitrogen and oxygen atoms in total. The molecule has 2 aromatic rings. The third kappa shape index (κ3) is 9.16. The molecule has 1 amide bonds. The van der Waals surface area contributed by atoms with Crippen LogP contribution in [0.25, 0.3) is 0 Å². The molecule has 2 aromatic carbocycles. The van der Waals surface area contributed by atoms with E-state index in [-0.39, 0.29) is 25.8 Å². The summed E-state index contributed by atoms with van der Waals surface area (Å²) in [5, 5.41) is 11.1. The van der Waals surface area contributed by atoms with Crippen LogP contribution in [0.2, 0.25) is 0 Å². The van der Waals surface area contributed by atoms with Gasteiger partial charge in [0.2, 0.25) is 0 Å². The van der Waals surface area contributed by atoms with Crippen LogP contribution in [0, 0.1) is 10.5 Å². The lowest BCUT2D eigenvalue weighted by molar-refractivity contribution is -0.137. The van der Waals surface area contributed by atoms with E-state index in [9.17, 15) is 22.8 Å². The smallest absolute Gasteiger partial charge is 0.389 e. The number of aryl methyl sites for hydroxylation is 1. The molecule has 2 rings (SSSR count). The molecule has 1 unspecified atom stereocenters. The van der Waals surface area contributed by atoms with Crippen LogP contribution in [0.15, 0.2) is 42.5 Å². The second-order valence-corrected chi connectivity index (χ2v) is 8.35. The van der Waals surface area contributed by atoms with Crippen molar-refractivity contribution in [1.29, 1.82) is 0 Å². The molecule has 168 valence electrons. The molecule has 0 aliphatic heterocycles. The van der Waals surface area contributed by atoms with Gasteiger partial charge >= 0.3 is 12.1 Å². The zero-order valence-electron chi connectivity index (χ0n) is 16.8. The number of carbonyl (C=O) groups is 2. The van der Waals surface area contributed by atoms with Crippen molar-refractivity contribution in [2.45, 2.75) is 44.9 Å². The average Bonchev–Trinajstić information content (AvgIpc) is 2.65. The van der Waals surface area contributed by atoms with Crippen molar-refractivity contribution >= 4 is 34.5 Å². The number of carbonyl (C=O) groups excluding carboxylic acids is 1. The third-order valence-corrected chi connectivity index (χ3v) is 5.01. The monoisotopic (exact) mass is 549 g/mol. The first-order valence-corrected chi connectivity index (χ1v) is 10.7. The molecule has 0 spiro atoms. The van der Waals surface area contributed by atoms with Crippen LogP contribution in [0.1, 0.15) is 53.3 Å². The minimum atomic E-state index is -4.23. The van der Waals surface area contributed by atoms with Crippen LogP contribution in [0.4, 0.5) is 13.2 Å². The molecule has 1 atom stereocenters. The maximum atomic E-state index is 12.6. The number of alkyl halides is 3. The Morgan fingerprint density at radius 2 is 1.84 bits per heavy atom. The Bertz CT molecular complexity index is 880. The number of rotatable bonds is 10. The molecule has 9 heteroatoms. The van der Waals surface area contributed by atoms with E-state index in [0.717, 1.165) is 9.13 Å². The third-order valence-electron chi connectivity index (χ3n) is 4.39. The van der Waals surface area contributed by atoms with E-state index in [1.807, 2.05) is 25.1 Å². The van der Waals surface area contributed by atoms with E-state index in [0.29, 0.717) is 16.9 Å². The second kappa shape index (κ2) is 11.4. The highest BCUT2D eigenvalue weighted by molar-refractivity contribution is 14.1. The second-order valence-electron chi connectivity index (χ2n) is 7.10. The number of hydrogen-bond acceptors (Lipinski definition) is 3. The summed E-state index contributed by atoms with van der Waals surface area (Å²) in [5.41, 5.74) is 1.96. The normalized spacial score (nSPS) is 12.3. The lowest BCUT2D eigenvalue weighted by Gasteiger charge is -2.21. The molecule has 0 saturated carbocycles. The van der Waals surface area contributed by atoms with Gasteiger partial charge in [0, 0.05) is 22.1 Å². The number of ether oxygens (including phenoxy) is 1. The van der Waals surface area contributed by atoms with Gasteiger partial charge in [0.25, 0.3) is 5.91 Å². The number of carboxylic acid groups (broad SMARTS) is 1. The Balaban J connectivity index is 2.14. The standard InChI is InChI=1S/C22H23F3INO4/c1-14-11-17(26)13-18(12-14)31-19(3-2-9-22(23,24)25)15-4-6-16(7-5-15)21(30)27-10-8-20(28)29/h4-7,11-13,19H,2-3,8-10H2,1H3,(H,27,30)(H,28,29). The zero-order chi connectivity index (χ0) is 23.0. The Morgan fingerprint density at radius 3 is 2.42 bits per heavy atom. The van der Waals surface area contributed by atoms with Gasteiger partial charge in [-0.1, -0.05) is 12.1 Å². The number of aliphatic carboxylic acids is 1. The SMILES string of the molecule is Cc1cc(I)cc(OC(CCCC(F)(F)F)c2ccc(C(=O)NCCC(=O)O)cc2)c1. The van der Waals surface area contributed by atoms with E-state index in [2.05, 4.69) is 27.9 Å². The van der Waals surface area contributed by atoms with Gasteiger partial charge in [-0.3, -0.25) is 9.59 Å². The lowest BCUT2D eigenvalue weighted by atomic mass is 10.0. The fourth-order valence-electron chi connectivity index (χ4n) is 2.95. The molecule has 0 aliphatic carbocycles. The van der Waals surface area contributed by atoms with E-state index in [4.69, 9.17) is 9.84 Å². The molecule has 31 heavy (non-hydrogen) atoms. The van der Waals surface area contributed by atoms with Crippen LogP contribution in [0.5, 0.6) is 5.75 Å². The van der Waals surface area contributed by atoms with Gasteiger partial charge < -0.3 is 15.2 Å². The number of hydrogen-bond donors (Lipinski definition) is 2. The summed E-state index contributed by atoms with van der Waals surface area (Å²) >= 11 is 2.15. The van der Waals surface area contributed by atoms with Gasteiger partial charge in [-0.05, 0) is 83.8 Å². The van der Waals surface area contributed by atoms with Crippen LogP contribution in [-0.2, 0) is 4.79 Å². The topological polar surface area (TPSA) is 75.6 Å². The van der Waals surface area contributed by atoms with Crippen molar-refractivity contribution in [2.75, 3.05) is 6.54 Å². The highest BCUT2D eigenvalue weighted by Gasteiger charge is 2.27. The summed E-state index contributed by atoms with van der Waals surface area (Å²) in [6.45, 7) is 1.91. The largest absolute Gasteiger partial charge is 0.486 e. The molecule has 0 aromatic heterocycles. The minimum Gasteiger partial charge on any atom is -0.486 e. The fraction of sp³-hybridized carbons (Fsp3) is 0.364. The maximum absolute atomic E-state index is 12.6. The Morgan fingerprint density at radius 1 is 1.16 bits per heavy atom. The summed E-state index contributed by atoms with van der Waals surface area (Å²) in [5.74, 6) is -0.868. The molecule has 0 saturated heterocycles. The van der Waals surface area contributed by atoms with Gasteiger partial charge in [0.15, 0.2) is 0 Å².